The Morgan fingerprint density at radius 1 is 1.33 bits per heavy atom. The van der Waals surface area contributed by atoms with E-state index in [0.29, 0.717) is 18.5 Å². The first-order chi connectivity index (χ1) is 9.99. The third-order valence-electron chi connectivity index (χ3n) is 4.12. The van der Waals surface area contributed by atoms with Gasteiger partial charge in [0.1, 0.15) is 0 Å². The molecule has 1 aliphatic rings. The summed E-state index contributed by atoms with van der Waals surface area (Å²) in [7, 11) is 0. The van der Waals surface area contributed by atoms with Gasteiger partial charge in [0.25, 0.3) is 5.91 Å². The average molecular weight is 354 g/mol. The highest BCUT2D eigenvalue weighted by Gasteiger charge is 2.30. The number of hydrogen-bond acceptors (Lipinski definition) is 2. The molecule has 0 aliphatic heterocycles. The van der Waals surface area contributed by atoms with Crippen molar-refractivity contribution >= 4 is 27.8 Å². The zero-order valence-corrected chi connectivity index (χ0v) is 13.6. The highest BCUT2D eigenvalue weighted by atomic mass is 79.9. The SMILES string of the molecule is Cc1ccc(Br)c(C(=O)NCC2CCCCC2C(=O)O)c1. The van der Waals surface area contributed by atoms with Crippen LogP contribution < -0.4 is 5.32 Å². The van der Waals surface area contributed by atoms with Gasteiger partial charge in [-0.05, 0) is 53.7 Å². The number of carbonyl (C=O) groups excluding carboxylic acids is 1. The van der Waals surface area contributed by atoms with Crippen molar-refractivity contribution in [3.8, 4) is 0 Å². The van der Waals surface area contributed by atoms with E-state index in [0.717, 1.165) is 29.3 Å². The zero-order valence-electron chi connectivity index (χ0n) is 12.1. The van der Waals surface area contributed by atoms with Crippen molar-refractivity contribution in [2.75, 3.05) is 6.54 Å². The van der Waals surface area contributed by atoms with E-state index in [2.05, 4.69) is 21.2 Å². The third kappa shape index (κ3) is 4.06. The standard InChI is InChI=1S/C16H20BrNO3/c1-10-6-7-14(17)13(8-10)15(19)18-9-11-4-2-3-5-12(11)16(20)21/h6-8,11-12H,2-5,9H2,1H3,(H,18,19)(H,20,21). The monoisotopic (exact) mass is 353 g/mol. The Hall–Kier alpha value is -1.36. The number of carboxylic acids is 1. The van der Waals surface area contributed by atoms with Crippen molar-refractivity contribution < 1.29 is 14.7 Å². The van der Waals surface area contributed by atoms with Crippen molar-refractivity contribution in [1.29, 1.82) is 0 Å². The van der Waals surface area contributed by atoms with Crippen molar-refractivity contribution in [3.63, 3.8) is 0 Å². The molecule has 1 aromatic carbocycles. The first-order valence-corrected chi connectivity index (χ1v) is 8.05. The normalized spacial score (nSPS) is 21.8. The van der Waals surface area contributed by atoms with Crippen LogP contribution in [0.15, 0.2) is 22.7 Å². The lowest BCUT2D eigenvalue weighted by Crippen LogP contribution is -2.37. The van der Waals surface area contributed by atoms with Crippen LogP contribution in [0, 0.1) is 18.8 Å². The summed E-state index contributed by atoms with van der Waals surface area (Å²) in [5.41, 5.74) is 1.61. The van der Waals surface area contributed by atoms with E-state index >= 15 is 0 Å². The number of nitrogens with one attached hydrogen (secondary N) is 1. The van der Waals surface area contributed by atoms with Crippen molar-refractivity contribution in [2.24, 2.45) is 11.8 Å². The maximum atomic E-state index is 12.2. The van der Waals surface area contributed by atoms with Crippen LogP contribution in [0.5, 0.6) is 0 Å². The molecule has 2 N–H and O–H groups in total. The molecular formula is C16H20BrNO3. The molecule has 1 saturated carbocycles. The highest BCUT2D eigenvalue weighted by molar-refractivity contribution is 9.10. The number of aryl methyl sites for hydroxylation is 1. The molecule has 0 bridgehead atoms. The summed E-state index contributed by atoms with van der Waals surface area (Å²) < 4.78 is 0.754. The van der Waals surface area contributed by atoms with Crippen LogP contribution in [-0.2, 0) is 4.79 Å². The van der Waals surface area contributed by atoms with Gasteiger partial charge in [0.2, 0.25) is 0 Å². The van der Waals surface area contributed by atoms with Crippen LogP contribution in [0.25, 0.3) is 0 Å². The molecular weight excluding hydrogens is 334 g/mol. The van der Waals surface area contributed by atoms with Gasteiger partial charge < -0.3 is 10.4 Å². The van der Waals surface area contributed by atoms with E-state index in [-0.39, 0.29) is 17.7 Å². The molecule has 0 radical (unpaired) electrons. The molecule has 0 spiro atoms. The van der Waals surface area contributed by atoms with E-state index in [1.165, 1.54) is 0 Å². The Balaban J connectivity index is 1.99. The van der Waals surface area contributed by atoms with E-state index in [1.54, 1.807) is 0 Å². The molecule has 1 aromatic rings. The summed E-state index contributed by atoms with van der Waals surface area (Å²) in [6, 6.07) is 5.61. The van der Waals surface area contributed by atoms with Gasteiger partial charge in [0.15, 0.2) is 0 Å². The fourth-order valence-electron chi connectivity index (χ4n) is 2.91. The Morgan fingerprint density at radius 3 is 2.76 bits per heavy atom. The molecule has 1 aliphatic carbocycles. The topological polar surface area (TPSA) is 66.4 Å². The lowest BCUT2D eigenvalue weighted by Gasteiger charge is -2.28. The van der Waals surface area contributed by atoms with Gasteiger partial charge >= 0.3 is 5.97 Å². The van der Waals surface area contributed by atoms with Crippen LogP contribution in [0.2, 0.25) is 0 Å². The first kappa shape index (κ1) is 16.0. The summed E-state index contributed by atoms with van der Waals surface area (Å²) >= 11 is 3.38. The Labute approximate surface area is 133 Å². The lowest BCUT2D eigenvalue weighted by atomic mass is 9.79. The number of amides is 1. The maximum Gasteiger partial charge on any atom is 0.306 e. The minimum absolute atomic E-state index is 0.0313. The molecule has 4 nitrogen and oxygen atoms in total. The minimum atomic E-state index is -0.745. The smallest absolute Gasteiger partial charge is 0.306 e. The molecule has 1 fully saturated rings. The summed E-state index contributed by atoms with van der Waals surface area (Å²) in [6.07, 6.45) is 3.58. The van der Waals surface area contributed by atoms with Crippen LogP contribution in [0.1, 0.15) is 41.6 Å². The first-order valence-electron chi connectivity index (χ1n) is 7.26. The van der Waals surface area contributed by atoms with E-state index in [1.807, 2.05) is 25.1 Å². The second kappa shape index (κ2) is 7.07. The summed E-state index contributed by atoms with van der Waals surface area (Å²) in [5.74, 6) is -1.20. The minimum Gasteiger partial charge on any atom is -0.481 e. The van der Waals surface area contributed by atoms with E-state index < -0.39 is 5.97 Å². The molecule has 114 valence electrons. The number of aliphatic carboxylic acids is 1. The second-order valence-electron chi connectivity index (χ2n) is 5.68. The average Bonchev–Trinajstić information content (AvgIpc) is 2.47. The third-order valence-corrected chi connectivity index (χ3v) is 4.81. The molecule has 0 aromatic heterocycles. The van der Waals surface area contributed by atoms with Crippen molar-refractivity contribution in [2.45, 2.75) is 32.6 Å². The molecule has 21 heavy (non-hydrogen) atoms. The van der Waals surface area contributed by atoms with Crippen LogP contribution in [0.4, 0.5) is 0 Å². The molecule has 1 amide bonds. The van der Waals surface area contributed by atoms with E-state index in [9.17, 15) is 14.7 Å². The van der Waals surface area contributed by atoms with Crippen LogP contribution >= 0.6 is 15.9 Å². The molecule has 2 atom stereocenters. The van der Waals surface area contributed by atoms with Crippen molar-refractivity contribution in [3.05, 3.63) is 33.8 Å². The van der Waals surface area contributed by atoms with Crippen molar-refractivity contribution in [1.82, 2.24) is 5.32 Å². The Morgan fingerprint density at radius 2 is 2.05 bits per heavy atom. The van der Waals surface area contributed by atoms with E-state index in [4.69, 9.17) is 0 Å². The molecule has 2 unspecified atom stereocenters. The predicted molar refractivity (Wildman–Crippen MR) is 84.3 cm³/mol. The largest absolute Gasteiger partial charge is 0.481 e. The summed E-state index contributed by atoms with van der Waals surface area (Å²) in [4.78, 5) is 23.5. The van der Waals surface area contributed by atoms with Gasteiger partial charge in [-0.25, -0.2) is 0 Å². The Bertz CT molecular complexity index is 544. The second-order valence-corrected chi connectivity index (χ2v) is 6.54. The lowest BCUT2D eigenvalue weighted by molar-refractivity contribution is -0.144. The van der Waals surface area contributed by atoms with Gasteiger partial charge in [-0.1, -0.05) is 24.5 Å². The summed E-state index contributed by atoms with van der Waals surface area (Å²) in [5, 5.41) is 12.1. The number of carbonyl (C=O) groups is 2. The quantitative estimate of drug-likeness (QED) is 0.871. The number of halogens is 1. The molecule has 5 heteroatoms. The highest BCUT2D eigenvalue weighted by Crippen LogP contribution is 2.30. The number of rotatable bonds is 4. The van der Waals surface area contributed by atoms with Gasteiger partial charge in [-0.2, -0.15) is 0 Å². The fraction of sp³-hybridized carbons (Fsp3) is 0.500. The van der Waals surface area contributed by atoms with Gasteiger partial charge in [0.05, 0.1) is 11.5 Å². The van der Waals surface area contributed by atoms with Crippen LogP contribution in [-0.4, -0.2) is 23.5 Å². The maximum absolute atomic E-state index is 12.2. The molecule has 0 saturated heterocycles. The molecule has 2 rings (SSSR count). The van der Waals surface area contributed by atoms with Gasteiger partial charge in [-0.15, -0.1) is 0 Å². The predicted octanol–water partition coefficient (Wildman–Crippen LogP) is 3.38. The van der Waals surface area contributed by atoms with Gasteiger partial charge in [-0.3, -0.25) is 9.59 Å². The van der Waals surface area contributed by atoms with Crippen LogP contribution in [0.3, 0.4) is 0 Å². The summed E-state index contributed by atoms with van der Waals surface area (Å²) in [6.45, 7) is 2.36. The Kier molecular flexibility index (Phi) is 5.39. The number of benzene rings is 1. The number of carboxylic acid groups (broad SMARTS) is 1. The number of hydrogen-bond donors (Lipinski definition) is 2. The molecule has 0 heterocycles. The zero-order chi connectivity index (χ0) is 15.4. The fourth-order valence-corrected chi connectivity index (χ4v) is 3.34. The van der Waals surface area contributed by atoms with Gasteiger partial charge in [0, 0.05) is 11.0 Å².